The Balaban J connectivity index is 1.29. The Morgan fingerprint density at radius 2 is 2.08 bits per heavy atom. The summed E-state index contributed by atoms with van der Waals surface area (Å²) in [5, 5.41) is 0.0930. The SMILES string of the molecule is Cc1ccc(C2c3c(nc4n3CCCC4)CCN2C(=O)COc2ccc(-c3ncco3)nc2Cl)c(F)c1. The lowest BCUT2D eigenvalue weighted by Gasteiger charge is -2.37. The van der Waals surface area contributed by atoms with Crippen molar-refractivity contribution in [2.45, 2.75) is 45.2 Å². The Morgan fingerprint density at radius 1 is 1.19 bits per heavy atom. The highest BCUT2D eigenvalue weighted by molar-refractivity contribution is 6.31. The predicted molar refractivity (Wildman–Crippen MR) is 134 cm³/mol. The van der Waals surface area contributed by atoms with Gasteiger partial charge in [-0.3, -0.25) is 4.79 Å². The first-order chi connectivity index (χ1) is 18.0. The van der Waals surface area contributed by atoms with Crippen LogP contribution in [0.5, 0.6) is 5.75 Å². The van der Waals surface area contributed by atoms with Gasteiger partial charge in [-0.15, -0.1) is 0 Å². The lowest BCUT2D eigenvalue weighted by Crippen LogP contribution is -2.44. The van der Waals surface area contributed by atoms with E-state index in [1.807, 2.05) is 13.0 Å². The average molecular weight is 522 g/mol. The second kappa shape index (κ2) is 9.63. The van der Waals surface area contributed by atoms with Crippen LogP contribution in [0.1, 0.15) is 47.2 Å². The van der Waals surface area contributed by atoms with E-state index in [0.29, 0.717) is 30.1 Å². The van der Waals surface area contributed by atoms with E-state index in [-0.39, 0.29) is 29.2 Å². The number of oxazole rings is 1. The molecule has 0 N–H and O–H groups in total. The van der Waals surface area contributed by atoms with Crippen molar-refractivity contribution in [2.24, 2.45) is 0 Å². The summed E-state index contributed by atoms with van der Waals surface area (Å²) in [5.74, 6) is 1.01. The summed E-state index contributed by atoms with van der Waals surface area (Å²) in [7, 11) is 0. The molecule has 0 saturated carbocycles. The summed E-state index contributed by atoms with van der Waals surface area (Å²) in [4.78, 5) is 28.4. The molecule has 2 aliphatic rings. The van der Waals surface area contributed by atoms with Gasteiger partial charge in [-0.05, 0) is 43.5 Å². The highest BCUT2D eigenvalue weighted by atomic mass is 35.5. The zero-order valence-electron chi connectivity index (χ0n) is 20.3. The van der Waals surface area contributed by atoms with E-state index in [0.717, 1.165) is 48.6 Å². The molecule has 6 rings (SSSR count). The molecule has 0 radical (unpaired) electrons. The minimum atomic E-state index is -0.583. The quantitative estimate of drug-likeness (QED) is 0.346. The third-order valence-electron chi connectivity index (χ3n) is 6.94. The van der Waals surface area contributed by atoms with Gasteiger partial charge in [-0.2, -0.15) is 0 Å². The Hall–Kier alpha value is -3.72. The molecule has 10 heteroatoms. The molecule has 8 nitrogen and oxygen atoms in total. The molecule has 1 aromatic carbocycles. The maximum atomic E-state index is 15.3. The molecule has 4 aromatic rings. The number of amides is 1. The van der Waals surface area contributed by atoms with Gasteiger partial charge >= 0.3 is 0 Å². The number of aryl methyl sites for hydroxylation is 2. The first-order valence-electron chi connectivity index (χ1n) is 12.3. The number of benzene rings is 1. The summed E-state index contributed by atoms with van der Waals surface area (Å²) in [6.45, 7) is 2.82. The van der Waals surface area contributed by atoms with E-state index < -0.39 is 6.04 Å². The molecule has 190 valence electrons. The molecule has 0 spiro atoms. The highest BCUT2D eigenvalue weighted by Gasteiger charge is 2.38. The lowest BCUT2D eigenvalue weighted by atomic mass is 9.93. The second-order valence-electron chi connectivity index (χ2n) is 9.34. The van der Waals surface area contributed by atoms with Gasteiger partial charge in [0.2, 0.25) is 5.89 Å². The minimum Gasteiger partial charge on any atom is -0.481 e. The number of nitrogens with zero attached hydrogens (tertiary/aromatic N) is 5. The lowest BCUT2D eigenvalue weighted by molar-refractivity contribution is -0.135. The van der Waals surface area contributed by atoms with Crippen LogP contribution in [0.4, 0.5) is 4.39 Å². The number of pyridine rings is 1. The summed E-state index contributed by atoms with van der Waals surface area (Å²) in [5.41, 5.74) is 3.60. The Kier molecular flexibility index (Phi) is 6.16. The molecular formula is C27H25ClFN5O3. The van der Waals surface area contributed by atoms with Crippen LogP contribution in [0.25, 0.3) is 11.6 Å². The second-order valence-corrected chi connectivity index (χ2v) is 9.70. The van der Waals surface area contributed by atoms with Crippen molar-refractivity contribution in [3.8, 4) is 17.3 Å². The van der Waals surface area contributed by atoms with Gasteiger partial charge in [-0.25, -0.2) is 19.3 Å². The van der Waals surface area contributed by atoms with Gasteiger partial charge in [0, 0.05) is 31.5 Å². The van der Waals surface area contributed by atoms with Crippen LogP contribution in [0.3, 0.4) is 0 Å². The van der Waals surface area contributed by atoms with E-state index in [2.05, 4.69) is 14.5 Å². The number of halogens is 2. The van der Waals surface area contributed by atoms with Crippen molar-refractivity contribution in [1.29, 1.82) is 0 Å². The number of fused-ring (bicyclic) bond motifs is 3. The summed E-state index contributed by atoms with van der Waals surface area (Å²) in [6.07, 6.45) is 6.58. The number of hydrogen-bond donors (Lipinski definition) is 0. The summed E-state index contributed by atoms with van der Waals surface area (Å²) in [6, 6.07) is 7.86. The number of hydrogen-bond acceptors (Lipinski definition) is 6. The summed E-state index contributed by atoms with van der Waals surface area (Å²) >= 11 is 6.32. The van der Waals surface area contributed by atoms with E-state index >= 15 is 4.39 Å². The van der Waals surface area contributed by atoms with Crippen molar-refractivity contribution >= 4 is 17.5 Å². The van der Waals surface area contributed by atoms with E-state index in [1.54, 1.807) is 23.1 Å². The van der Waals surface area contributed by atoms with Gasteiger partial charge < -0.3 is 18.6 Å². The van der Waals surface area contributed by atoms with Crippen LogP contribution in [-0.4, -0.2) is 43.5 Å². The van der Waals surface area contributed by atoms with Crippen molar-refractivity contribution in [2.75, 3.05) is 13.2 Å². The molecule has 1 amide bonds. The zero-order valence-corrected chi connectivity index (χ0v) is 21.0. The number of carbonyl (C=O) groups is 1. The van der Waals surface area contributed by atoms with Gasteiger partial charge in [-0.1, -0.05) is 23.7 Å². The highest BCUT2D eigenvalue weighted by Crippen LogP contribution is 2.38. The number of rotatable bonds is 5. The molecule has 3 aromatic heterocycles. The maximum Gasteiger partial charge on any atom is 0.261 e. The Bertz CT molecular complexity index is 1470. The van der Waals surface area contributed by atoms with Gasteiger partial charge in [0.25, 0.3) is 5.91 Å². The van der Waals surface area contributed by atoms with Crippen molar-refractivity contribution in [3.63, 3.8) is 0 Å². The molecule has 37 heavy (non-hydrogen) atoms. The minimum absolute atomic E-state index is 0.0930. The van der Waals surface area contributed by atoms with Crippen LogP contribution >= 0.6 is 11.6 Å². The van der Waals surface area contributed by atoms with E-state index in [1.165, 1.54) is 18.5 Å². The number of carbonyl (C=O) groups excluding carboxylic acids is 1. The van der Waals surface area contributed by atoms with Crippen LogP contribution in [0, 0.1) is 12.7 Å². The molecule has 2 aliphatic heterocycles. The predicted octanol–water partition coefficient (Wildman–Crippen LogP) is 4.92. The first-order valence-corrected chi connectivity index (χ1v) is 12.7. The fourth-order valence-corrected chi connectivity index (χ4v) is 5.42. The average Bonchev–Trinajstić information content (AvgIpc) is 3.56. The molecule has 0 fully saturated rings. The third-order valence-corrected chi connectivity index (χ3v) is 7.21. The van der Waals surface area contributed by atoms with Gasteiger partial charge in [0.05, 0.1) is 17.6 Å². The zero-order chi connectivity index (χ0) is 25.5. The fourth-order valence-electron chi connectivity index (χ4n) is 5.21. The standard InChI is InChI=1S/C27H25ClFN5O3/c1-16-5-6-17(18(29)14-16)24-25-19(31-22-4-2-3-11-33(22)25)9-12-34(24)23(35)15-37-21-8-7-20(32-26(21)28)27-30-10-13-36-27/h5-8,10,13-14,24H,2-4,9,11-12,15H2,1H3. The van der Waals surface area contributed by atoms with Crippen molar-refractivity contribution < 1.29 is 18.3 Å². The largest absolute Gasteiger partial charge is 0.481 e. The molecule has 5 heterocycles. The third kappa shape index (κ3) is 4.37. The monoisotopic (exact) mass is 521 g/mol. The molecule has 0 aliphatic carbocycles. The first kappa shape index (κ1) is 23.7. The Labute approximate surface area is 218 Å². The van der Waals surface area contributed by atoms with Crippen LogP contribution in [-0.2, 0) is 24.2 Å². The van der Waals surface area contributed by atoms with Crippen molar-refractivity contribution in [3.05, 3.63) is 82.1 Å². The molecule has 0 saturated heterocycles. The van der Waals surface area contributed by atoms with E-state index in [9.17, 15) is 4.79 Å². The normalized spacial score (nSPS) is 16.8. The van der Waals surface area contributed by atoms with Gasteiger partial charge in [0.15, 0.2) is 17.5 Å². The van der Waals surface area contributed by atoms with E-state index in [4.69, 9.17) is 25.7 Å². The van der Waals surface area contributed by atoms with Crippen LogP contribution < -0.4 is 4.74 Å². The molecule has 1 unspecified atom stereocenters. The maximum absolute atomic E-state index is 15.3. The Morgan fingerprint density at radius 3 is 2.86 bits per heavy atom. The molecular weight excluding hydrogens is 497 g/mol. The number of ether oxygens (including phenoxy) is 1. The molecule has 1 atom stereocenters. The topological polar surface area (TPSA) is 86.3 Å². The number of imidazole rings is 1. The van der Waals surface area contributed by atoms with Crippen LogP contribution in [0.2, 0.25) is 5.15 Å². The van der Waals surface area contributed by atoms with Crippen LogP contribution in [0.15, 0.2) is 47.2 Å². The fraction of sp³-hybridized carbons (Fsp3) is 0.333. The van der Waals surface area contributed by atoms with Gasteiger partial charge in [0.1, 0.15) is 29.6 Å². The van der Waals surface area contributed by atoms with Crippen molar-refractivity contribution in [1.82, 2.24) is 24.4 Å². The summed E-state index contributed by atoms with van der Waals surface area (Å²) < 4.78 is 28.6. The smallest absolute Gasteiger partial charge is 0.261 e. The number of aromatic nitrogens is 4. The molecule has 0 bridgehead atoms.